The molecular weight excluding hydrogens is 228 g/mol. The molecule has 0 aromatic carbocycles. The molecule has 0 aliphatic carbocycles. The summed E-state index contributed by atoms with van der Waals surface area (Å²) >= 11 is 0. The highest BCUT2D eigenvalue weighted by molar-refractivity contribution is 4.87. The summed E-state index contributed by atoms with van der Waals surface area (Å²) in [5.74, 6) is 0. The van der Waals surface area contributed by atoms with Crippen molar-refractivity contribution in [3.05, 3.63) is 0 Å². The van der Waals surface area contributed by atoms with Crippen LogP contribution in [0.2, 0.25) is 0 Å². The van der Waals surface area contributed by atoms with Crippen molar-refractivity contribution in [3.8, 4) is 0 Å². The number of hydrogen-bond acceptors (Lipinski definition) is 0. The standard InChI is InChI=1S/C19H40/c1-9-11-15-19(8,17(3,4)5)16-12-14-18(6,7)13-10-2/h9-16H2,1-8H3. The lowest BCUT2D eigenvalue weighted by Gasteiger charge is -2.43. The molecule has 0 spiro atoms. The van der Waals surface area contributed by atoms with Gasteiger partial charge in [0.25, 0.3) is 0 Å². The Bertz CT molecular complexity index is 231. The predicted molar refractivity (Wildman–Crippen MR) is 89.6 cm³/mol. The van der Waals surface area contributed by atoms with Crippen LogP contribution in [0.1, 0.15) is 107 Å². The minimum Gasteiger partial charge on any atom is -0.0654 e. The lowest BCUT2D eigenvalue weighted by molar-refractivity contribution is 0.0738. The van der Waals surface area contributed by atoms with E-state index in [0.29, 0.717) is 16.2 Å². The van der Waals surface area contributed by atoms with Crippen LogP contribution >= 0.6 is 0 Å². The SMILES string of the molecule is CCCCC(C)(CCCC(C)(C)CCC)C(C)(C)C. The maximum Gasteiger partial charge on any atom is -0.0277 e. The van der Waals surface area contributed by atoms with Crippen molar-refractivity contribution in [2.45, 2.75) is 107 Å². The van der Waals surface area contributed by atoms with Crippen LogP contribution in [0, 0.1) is 16.2 Å². The zero-order valence-corrected chi connectivity index (χ0v) is 15.2. The summed E-state index contributed by atoms with van der Waals surface area (Å²) in [6.45, 7) is 19.3. The van der Waals surface area contributed by atoms with Crippen molar-refractivity contribution in [3.63, 3.8) is 0 Å². The van der Waals surface area contributed by atoms with E-state index in [9.17, 15) is 0 Å². The van der Waals surface area contributed by atoms with Crippen LogP contribution in [-0.4, -0.2) is 0 Å². The third-order valence-corrected chi connectivity index (χ3v) is 5.40. The lowest BCUT2D eigenvalue weighted by Crippen LogP contribution is -2.33. The Kier molecular flexibility index (Phi) is 7.70. The maximum absolute atomic E-state index is 2.52. The summed E-state index contributed by atoms with van der Waals surface area (Å²) in [4.78, 5) is 0. The third-order valence-electron chi connectivity index (χ3n) is 5.40. The molecule has 0 heterocycles. The average molecular weight is 269 g/mol. The van der Waals surface area contributed by atoms with Crippen LogP contribution in [0.25, 0.3) is 0 Å². The fourth-order valence-corrected chi connectivity index (χ4v) is 3.20. The van der Waals surface area contributed by atoms with Crippen molar-refractivity contribution in [1.29, 1.82) is 0 Å². The first kappa shape index (κ1) is 19.0. The van der Waals surface area contributed by atoms with E-state index in [1.54, 1.807) is 0 Å². The largest absolute Gasteiger partial charge is 0.0654 e. The van der Waals surface area contributed by atoms with Gasteiger partial charge in [-0.2, -0.15) is 0 Å². The lowest BCUT2D eigenvalue weighted by atomic mass is 9.62. The topological polar surface area (TPSA) is 0 Å². The van der Waals surface area contributed by atoms with Crippen molar-refractivity contribution in [2.75, 3.05) is 0 Å². The van der Waals surface area contributed by atoms with Gasteiger partial charge in [-0.15, -0.1) is 0 Å². The molecule has 0 rings (SSSR count). The van der Waals surface area contributed by atoms with Crippen LogP contribution in [0.3, 0.4) is 0 Å². The van der Waals surface area contributed by atoms with Crippen LogP contribution in [-0.2, 0) is 0 Å². The molecular formula is C19H40. The summed E-state index contributed by atoms with van der Waals surface area (Å²) < 4.78 is 0. The van der Waals surface area contributed by atoms with Crippen LogP contribution in [0.5, 0.6) is 0 Å². The molecule has 0 heteroatoms. The molecule has 116 valence electrons. The zero-order valence-electron chi connectivity index (χ0n) is 15.2. The monoisotopic (exact) mass is 268 g/mol. The van der Waals surface area contributed by atoms with Gasteiger partial charge in [-0.1, -0.05) is 81.1 Å². The Hall–Kier alpha value is 0. The average Bonchev–Trinajstić information content (AvgIpc) is 2.24. The molecule has 0 bridgehead atoms. The van der Waals surface area contributed by atoms with Crippen LogP contribution < -0.4 is 0 Å². The molecule has 0 aliphatic heterocycles. The van der Waals surface area contributed by atoms with Crippen molar-refractivity contribution < 1.29 is 0 Å². The Labute approximate surface area is 123 Å². The van der Waals surface area contributed by atoms with E-state index < -0.39 is 0 Å². The highest BCUT2D eigenvalue weighted by Crippen LogP contribution is 2.47. The van der Waals surface area contributed by atoms with E-state index in [1.165, 1.54) is 51.4 Å². The zero-order chi connectivity index (χ0) is 15.2. The molecule has 1 atom stereocenters. The Morgan fingerprint density at radius 1 is 0.579 bits per heavy atom. The summed E-state index contributed by atoms with van der Waals surface area (Å²) in [6.07, 6.45) is 11.0. The summed E-state index contributed by atoms with van der Waals surface area (Å²) in [6, 6.07) is 0. The summed E-state index contributed by atoms with van der Waals surface area (Å²) in [5, 5.41) is 0. The fourth-order valence-electron chi connectivity index (χ4n) is 3.20. The van der Waals surface area contributed by atoms with Gasteiger partial charge in [0, 0.05) is 0 Å². The van der Waals surface area contributed by atoms with Gasteiger partial charge in [-0.05, 0) is 41.9 Å². The van der Waals surface area contributed by atoms with Crippen molar-refractivity contribution >= 4 is 0 Å². The third kappa shape index (κ3) is 6.82. The van der Waals surface area contributed by atoms with E-state index in [0.717, 1.165) is 0 Å². The van der Waals surface area contributed by atoms with Gasteiger partial charge in [0.05, 0.1) is 0 Å². The van der Waals surface area contributed by atoms with E-state index >= 15 is 0 Å². The highest BCUT2D eigenvalue weighted by atomic mass is 14.4. The molecule has 0 amide bonds. The second kappa shape index (κ2) is 7.70. The second-order valence-corrected chi connectivity index (χ2v) is 8.68. The van der Waals surface area contributed by atoms with Crippen LogP contribution in [0.4, 0.5) is 0 Å². The van der Waals surface area contributed by atoms with Gasteiger partial charge in [-0.3, -0.25) is 0 Å². The fraction of sp³-hybridized carbons (Fsp3) is 1.00. The van der Waals surface area contributed by atoms with E-state index in [2.05, 4.69) is 55.4 Å². The second-order valence-electron chi connectivity index (χ2n) is 8.68. The van der Waals surface area contributed by atoms with Gasteiger partial charge >= 0.3 is 0 Å². The number of hydrogen-bond donors (Lipinski definition) is 0. The Balaban J connectivity index is 4.44. The first-order valence-corrected chi connectivity index (χ1v) is 8.58. The normalized spacial score (nSPS) is 16.4. The molecule has 1 unspecified atom stereocenters. The van der Waals surface area contributed by atoms with Crippen molar-refractivity contribution in [1.82, 2.24) is 0 Å². The van der Waals surface area contributed by atoms with Gasteiger partial charge in [-0.25, -0.2) is 0 Å². The number of rotatable bonds is 9. The molecule has 0 aromatic heterocycles. The molecule has 19 heavy (non-hydrogen) atoms. The number of unbranched alkanes of at least 4 members (excludes halogenated alkanes) is 1. The van der Waals surface area contributed by atoms with E-state index in [-0.39, 0.29) is 0 Å². The minimum atomic E-state index is 0.428. The molecule has 0 aliphatic rings. The van der Waals surface area contributed by atoms with Crippen LogP contribution in [0.15, 0.2) is 0 Å². The van der Waals surface area contributed by atoms with Gasteiger partial charge in [0.2, 0.25) is 0 Å². The van der Waals surface area contributed by atoms with Gasteiger partial charge in [0.1, 0.15) is 0 Å². The highest BCUT2D eigenvalue weighted by Gasteiger charge is 2.36. The smallest absolute Gasteiger partial charge is 0.0277 e. The first-order chi connectivity index (χ1) is 8.58. The Morgan fingerprint density at radius 3 is 1.53 bits per heavy atom. The predicted octanol–water partition coefficient (Wildman–Crippen LogP) is 7.23. The Morgan fingerprint density at radius 2 is 1.11 bits per heavy atom. The van der Waals surface area contributed by atoms with Gasteiger partial charge < -0.3 is 0 Å². The maximum atomic E-state index is 2.52. The molecule has 0 radical (unpaired) electrons. The first-order valence-electron chi connectivity index (χ1n) is 8.58. The molecule has 0 fully saturated rings. The molecule has 0 N–H and O–H groups in total. The minimum absolute atomic E-state index is 0.428. The molecule has 0 saturated carbocycles. The molecule has 0 aromatic rings. The van der Waals surface area contributed by atoms with E-state index in [4.69, 9.17) is 0 Å². The van der Waals surface area contributed by atoms with Crippen molar-refractivity contribution in [2.24, 2.45) is 16.2 Å². The molecule has 0 saturated heterocycles. The quantitative estimate of drug-likeness (QED) is 0.414. The van der Waals surface area contributed by atoms with Gasteiger partial charge in [0.15, 0.2) is 0 Å². The molecule has 0 nitrogen and oxygen atoms in total. The van der Waals surface area contributed by atoms with E-state index in [1.807, 2.05) is 0 Å². The summed E-state index contributed by atoms with van der Waals surface area (Å²) in [5.41, 5.74) is 1.47. The summed E-state index contributed by atoms with van der Waals surface area (Å²) in [7, 11) is 0.